The third-order valence-corrected chi connectivity index (χ3v) is 2.55. The molecule has 1 aromatic rings. The predicted molar refractivity (Wildman–Crippen MR) is 56.9 cm³/mol. The molecule has 16 heavy (non-hydrogen) atoms. The van der Waals surface area contributed by atoms with Crippen LogP contribution in [0.5, 0.6) is 5.88 Å². The van der Waals surface area contributed by atoms with Crippen LogP contribution < -0.4 is 10.5 Å². The van der Waals surface area contributed by atoms with Crippen LogP contribution in [0.4, 0.5) is 13.2 Å². The topological polar surface area (TPSA) is 65.2 Å². The first-order valence-electron chi connectivity index (χ1n) is 3.97. The minimum absolute atomic E-state index is 0.114. The summed E-state index contributed by atoms with van der Waals surface area (Å²) < 4.78 is 40.2. The number of aldehydes is 1. The Morgan fingerprint density at radius 2 is 2.19 bits per heavy atom. The van der Waals surface area contributed by atoms with Gasteiger partial charge in [0.15, 0.2) is 6.29 Å². The largest absolute Gasteiger partial charge is 0.574 e. The van der Waals surface area contributed by atoms with E-state index in [1.54, 1.807) is 22.6 Å². The number of carbonyl (C=O) groups excluding carboxylic acids is 1. The van der Waals surface area contributed by atoms with Gasteiger partial charge in [0.25, 0.3) is 0 Å². The van der Waals surface area contributed by atoms with Gasteiger partial charge in [0.05, 0.1) is 0 Å². The number of alkyl halides is 3. The highest BCUT2D eigenvalue weighted by molar-refractivity contribution is 14.1. The number of hydrogen-bond acceptors (Lipinski definition) is 4. The molecule has 0 atom stereocenters. The van der Waals surface area contributed by atoms with Crippen LogP contribution in [0.2, 0.25) is 0 Å². The van der Waals surface area contributed by atoms with E-state index < -0.39 is 12.2 Å². The second-order valence-corrected chi connectivity index (χ2v) is 3.84. The van der Waals surface area contributed by atoms with Gasteiger partial charge in [0.1, 0.15) is 5.69 Å². The highest BCUT2D eigenvalue weighted by Gasteiger charge is 2.33. The Bertz CT molecular complexity index is 409. The maximum Gasteiger partial charge on any atom is 0.574 e. The zero-order valence-corrected chi connectivity index (χ0v) is 9.87. The minimum atomic E-state index is -4.86. The van der Waals surface area contributed by atoms with Gasteiger partial charge >= 0.3 is 6.36 Å². The van der Waals surface area contributed by atoms with E-state index in [9.17, 15) is 18.0 Å². The van der Waals surface area contributed by atoms with Crippen molar-refractivity contribution in [1.29, 1.82) is 0 Å². The molecule has 2 N–H and O–H groups in total. The molecule has 0 spiro atoms. The van der Waals surface area contributed by atoms with Crippen molar-refractivity contribution < 1.29 is 22.7 Å². The Hall–Kier alpha value is -0.900. The minimum Gasteiger partial charge on any atom is -0.387 e. The van der Waals surface area contributed by atoms with Crippen molar-refractivity contribution in [2.24, 2.45) is 5.73 Å². The van der Waals surface area contributed by atoms with Crippen LogP contribution in [0, 0.1) is 3.57 Å². The third kappa shape index (κ3) is 3.30. The molecule has 1 rings (SSSR count). The SMILES string of the molecule is NCc1c(I)cc(C=O)nc1OC(F)(F)F. The molecule has 4 nitrogen and oxygen atoms in total. The van der Waals surface area contributed by atoms with E-state index in [0.29, 0.717) is 9.86 Å². The molecule has 0 radical (unpaired) electrons. The fraction of sp³-hybridized carbons (Fsp3) is 0.250. The van der Waals surface area contributed by atoms with Gasteiger partial charge in [0.2, 0.25) is 5.88 Å². The Kier molecular flexibility index (Phi) is 4.08. The van der Waals surface area contributed by atoms with Gasteiger partial charge in [-0.25, -0.2) is 4.98 Å². The van der Waals surface area contributed by atoms with Crippen molar-refractivity contribution in [2.45, 2.75) is 12.9 Å². The van der Waals surface area contributed by atoms with E-state index in [0.717, 1.165) is 0 Å². The van der Waals surface area contributed by atoms with Crippen molar-refractivity contribution >= 4 is 28.9 Å². The van der Waals surface area contributed by atoms with Crippen LogP contribution >= 0.6 is 22.6 Å². The number of carbonyl (C=O) groups is 1. The zero-order valence-electron chi connectivity index (χ0n) is 7.71. The lowest BCUT2D eigenvalue weighted by Gasteiger charge is -2.12. The monoisotopic (exact) mass is 346 g/mol. The normalized spacial score (nSPS) is 11.3. The lowest BCUT2D eigenvalue weighted by Crippen LogP contribution is -2.20. The Morgan fingerprint density at radius 1 is 1.56 bits per heavy atom. The summed E-state index contributed by atoms with van der Waals surface area (Å²) in [7, 11) is 0. The highest BCUT2D eigenvalue weighted by Crippen LogP contribution is 2.27. The number of hydrogen-bond donors (Lipinski definition) is 1. The average molecular weight is 346 g/mol. The van der Waals surface area contributed by atoms with Crippen LogP contribution in [-0.4, -0.2) is 17.6 Å². The van der Waals surface area contributed by atoms with Crippen LogP contribution in [0.25, 0.3) is 0 Å². The quantitative estimate of drug-likeness (QED) is 0.670. The van der Waals surface area contributed by atoms with E-state index >= 15 is 0 Å². The number of rotatable bonds is 3. The van der Waals surface area contributed by atoms with E-state index in [1.807, 2.05) is 0 Å². The first-order valence-corrected chi connectivity index (χ1v) is 5.05. The van der Waals surface area contributed by atoms with Crippen molar-refractivity contribution in [3.63, 3.8) is 0 Å². The van der Waals surface area contributed by atoms with Gasteiger partial charge in [-0.2, -0.15) is 0 Å². The van der Waals surface area contributed by atoms with Crippen molar-refractivity contribution in [3.05, 3.63) is 20.9 Å². The fourth-order valence-corrected chi connectivity index (χ4v) is 1.75. The fourth-order valence-electron chi connectivity index (χ4n) is 0.975. The highest BCUT2D eigenvalue weighted by atomic mass is 127. The standard InChI is InChI=1S/C8H6F3IN2O2/c9-8(10,11)16-7-5(2-13)6(12)1-4(3-15)14-7/h1,3H,2,13H2. The third-order valence-electron chi connectivity index (χ3n) is 1.59. The van der Waals surface area contributed by atoms with E-state index in [4.69, 9.17) is 5.73 Å². The summed E-state index contributed by atoms with van der Waals surface area (Å²) in [6.07, 6.45) is -4.52. The Morgan fingerprint density at radius 3 is 2.62 bits per heavy atom. The second-order valence-electron chi connectivity index (χ2n) is 2.68. The van der Waals surface area contributed by atoms with Crippen LogP contribution in [0.15, 0.2) is 6.07 Å². The molecule has 0 saturated carbocycles. The number of pyridine rings is 1. The van der Waals surface area contributed by atoms with Crippen LogP contribution in [-0.2, 0) is 6.54 Å². The molecule has 0 bridgehead atoms. The van der Waals surface area contributed by atoms with Crippen molar-refractivity contribution in [1.82, 2.24) is 4.98 Å². The first-order chi connectivity index (χ1) is 7.37. The number of nitrogens with two attached hydrogens (primary N) is 1. The van der Waals surface area contributed by atoms with Gasteiger partial charge in [-0.3, -0.25) is 4.79 Å². The maximum absolute atomic E-state index is 12.0. The van der Waals surface area contributed by atoms with E-state index in [1.165, 1.54) is 6.07 Å². The number of ether oxygens (including phenoxy) is 1. The molecule has 0 aliphatic heterocycles. The summed E-state index contributed by atoms with van der Waals surface area (Å²) in [5.74, 6) is -0.677. The number of nitrogens with zero attached hydrogens (tertiary/aromatic N) is 1. The van der Waals surface area contributed by atoms with Gasteiger partial charge in [0, 0.05) is 15.7 Å². The second kappa shape index (κ2) is 4.95. The lowest BCUT2D eigenvalue weighted by atomic mass is 10.2. The van der Waals surface area contributed by atoms with Crippen molar-refractivity contribution in [2.75, 3.05) is 0 Å². The molecule has 0 aliphatic carbocycles. The number of halogens is 4. The summed E-state index contributed by atoms with van der Waals surface area (Å²) in [4.78, 5) is 13.9. The summed E-state index contributed by atoms with van der Waals surface area (Å²) in [6.45, 7) is -0.157. The summed E-state index contributed by atoms with van der Waals surface area (Å²) in [5.41, 5.74) is 5.26. The average Bonchev–Trinajstić information content (AvgIpc) is 2.14. The molecular weight excluding hydrogens is 340 g/mol. The first kappa shape index (κ1) is 13.2. The molecular formula is C8H6F3IN2O2. The van der Waals surface area contributed by atoms with E-state index in [2.05, 4.69) is 9.72 Å². The van der Waals surface area contributed by atoms with Gasteiger partial charge < -0.3 is 10.5 Å². The zero-order chi connectivity index (χ0) is 12.3. The molecule has 0 unspecified atom stereocenters. The molecule has 88 valence electrons. The molecule has 0 aliphatic rings. The molecule has 0 aromatic carbocycles. The smallest absolute Gasteiger partial charge is 0.387 e. The summed E-state index contributed by atoms with van der Waals surface area (Å²) in [6, 6.07) is 1.33. The maximum atomic E-state index is 12.0. The molecule has 1 heterocycles. The molecule has 0 amide bonds. The Balaban J connectivity index is 3.23. The molecule has 0 fully saturated rings. The summed E-state index contributed by atoms with van der Waals surface area (Å²) in [5, 5.41) is 0. The van der Waals surface area contributed by atoms with Gasteiger partial charge in [-0.15, -0.1) is 13.2 Å². The van der Waals surface area contributed by atoms with E-state index in [-0.39, 0.29) is 17.8 Å². The van der Waals surface area contributed by atoms with Crippen LogP contribution in [0.3, 0.4) is 0 Å². The van der Waals surface area contributed by atoms with Gasteiger partial charge in [-0.05, 0) is 28.7 Å². The number of aromatic nitrogens is 1. The molecule has 1 aromatic heterocycles. The molecule has 0 saturated heterocycles. The van der Waals surface area contributed by atoms with Crippen molar-refractivity contribution in [3.8, 4) is 5.88 Å². The Labute approximate surface area is 102 Å². The molecule has 8 heteroatoms. The van der Waals surface area contributed by atoms with Crippen LogP contribution in [0.1, 0.15) is 16.1 Å². The lowest BCUT2D eigenvalue weighted by molar-refractivity contribution is -0.276. The van der Waals surface area contributed by atoms with Gasteiger partial charge in [-0.1, -0.05) is 0 Å². The summed E-state index contributed by atoms with van der Waals surface area (Å²) >= 11 is 1.76. The predicted octanol–water partition coefficient (Wildman–Crippen LogP) is 1.86.